The van der Waals surface area contributed by atoms with Crippen LogP contribution in [0.4, 0.5) is 0 Å². The third kappa shape index (κ3) is 6.80. The van der Waals surface area contributed by atoms with E-state index in [1.807, 2.05) is 13.1 Å². The Morgan fingerprint density at radius 1 is 1.28 bits per heavy atom. The molecule has 7 heteroatoms. The highest BCUT2D eigenvalue weighted by molar-refractivity contribution is 14.0. The highest BCUT2D eigenvalue weighted by Crippen LogP contribution is 2.25. The molecule has 1 aromatic rings. The van der Waals surface area contributed by atoms with Gasteiger partial charge in [-0.3, -0.25) is 4.99 Å². The van der Waals surface area contributed by atoms with Crippen molar-refractivity contribution in [2.45, 2.75) is 31.4 Å². The molecule has 3 rings (SSSR count). The zero-order valence-corrected chi connectivity index (χ0v) is 20.4. The first kappa shape index (κ1) is 24.4. The second kappa shape index (κ2) is 12.1. The Hall–Kier alpha value is -0.900. The van der Waals surface area contributed by atoms with Crippen LogP contribution in [0.1, 0.15) is 24.8 Å². The van der Waals surface area contributed by atoms with Crippen LogP contribution in [0.2, 0.25) is 0 Å². The van der Waals surface area contributed by atoms with Crippen molar-refractivity contribution in [1.29, 1.82) is 0 Å². The van der Waals surface area contributed by atoms with E-state index in [0.717, 1.165) is 64.7 Å². The average molecular weight is 516 g/mol. The maximum atomic E-state index is 5.96. The van der Waals surface area contributed by atoms with E-state index in [9.17, 15) is 0 Å². The fourth-order valence-corrected chi connectivity index (χ4v) is 4.19. The van der Waals surface area contributed by atoms with Gasteiger partial charge < -0.3 is 24.6 Å². The van der Waals surface area contributed by atoms with Crippen LogP contribution in [0.5, 0.6) is 0 Å². The van der Waals surface area contributed by atoms with E-state index in [-0.39, 0.29) is 29.5 Å². The van der Waals surface area contributed by atoms with Crippen LogP contribution in [0.3, 0.4) is 0 Å². The summed E-state index contributed by atoms with van der Waals surface area (Å²) in [5.74, 6) is 1.58. The Bertz CT molecular complexity index is 620. The topological polar surface area (TPSA) is 49.3 Å². The molecule has 2 heterocycles. The van der Waals surface area contributed by atoms with Crippen molar-refractivity contribution in [2.24, 2.45) is 10.9 Å². The number of benzene rings is 1. The largest absolute Gasteiger partial charge is 0.381 e. The highest BCUT2D eigenvalue weighted by Gasteiger charge is 2.35. The quantitative estimate of drug-likeness (QED) is 0.343. The number of nitrogens with one attached hydrogen (secondary N) is 1. The van der Waals surface area contributed by atoms with E-state index in [2.05, 4.69) is 58.5 Å². The van der Waals surface area contributed by atoms with Crippen LogP contribution >= 0.6 is 24.0 Å². The van der Waals surface area contributed by atoms with Gasteiger partial charge in [-0.15, -0.1) is 24.0 Å². The van der Waals surface area contributed by atoms with E-state index in [0.29, 0.717) is 12.5 Å². The maximum absolute atomic E-state index is 5.96. The molecule has 0 bridgehead atoms. The monoisotopic (exact) mass is 516 g/mol. The minimum absolute atomic E-state index is 0. The molecule has 1 aromatic carbocycles. The van der Waals surface area contributed by atoms with Crippen molar-refractivity contribution in [3.05, 3.63) is 35.9 Å². The minimum Gasteiger partial charge on any atom is -0.381 e. The molecule has 29 heavy (non-hydrogen) atoms. The first-order valence-corrected chi connectivity index (χ1v) is 10.5. The standard InChI is InChI=1S/C22H36N4O2.HI/c1-23-21(24-18-22(25(2)3)10-13-27-14-11-22)26-12-9-20(15-26)17-28-16-19-7-5-4-6-8-19;/h4-8,20H,9-18H2,1-3H3,(H,23,24);1H. The van der Waals surface area contributed by atoms with Gasteiger partial charge in [0.25, 0.3) is 0 Å². The molecular weight excluding hydrogens is 479 g/mol. The third-order valence-corrected chi connectivity index (χ3v) is 6.21. The predicted octanol–water partition coefficient (Wildman–Crippen LogP) is 2.83. The van der Waals surface area contributed by atoms with Crippen molar-refractivity contribution < 1.29 is 9.47 Å². The van der Waals surface area contributed by atoms with Gasteiger partial charge >= 0.3 is 0 Å². The lowest BCUT2D eigenvalue weighted by Crippen LogP contribution is -2.57. The number of hydrogen-bond donors (Lipinski definition) is 1. The summed E-state index contributed by atoms with van der Waals surface area (Å²) in [6.45, 7) is 6.12. The van der Waals surface area contributed by atoms with E-state index < -0.39 is 0 Å². The number of ether oxygens (including phenoxy) is 2. The second-order valence-corrected chi connectivity index (χ2v) is 8.23. The molecule has 2 aliphatic heterocycles. The SMILES string of the molecule is CN=C(NCC1(N(C)C)CCOCC1)N1CCC(COCc2ccccc2)C1.I. The molecule has 6 nitrogen and oxygen atoms in total. The van der Waals surface area contributed by atoms with Gasteiger partial charge in [0.2, 0.25) is 0 Å². The Kier molecular flexibility index (Phi) is 10.1. The van der Waals surface area contributed by atoms with Gasteiger partial charge in [0.05, 0.1) is 13.2 Å². The summed E-state index contributed by atoms with van der Waals surface area (Å²) in [5, 5.41) is 3.64. The van der Waals surface area contributed by atoms with Gasteiger partial charge in [0.15, 0.2) is 5.96 Å². The van der Waals surface area contributed by atoms with Crippen LogP contribution in [0.25, 0.3) is 0 Å². The molecule has 164 valence electrons. The van der Waals surface area contributed by atoms with Crippen LogP contribution < -0.4 is 5.32 Å². The lowest BCUT2D eigenvalue weighted by molar-refractivity contribution is -0.00523. The summed E-state index contributed by atoms with van der Waals surface area (Å²) in [6.07, 6.45) is 3.27. The molecule has 1 atom stereocenters. The number of aliphatic imine (C=N–C) groups is 1. The third-order valence-electron chi connectivity index (χ3n) is 6.21. The van der Waals surface area contributed by atoms with Gasteiger partial charge in [0, 0.05) is 51.4 Å². The van der Waals surface area contributed by atoms with Crippen LogP contribution in [-0.4, -0.2) is 81.9 Å². The van der Waals surface area contributed by atoms with Crippen molar-refractivity contribution >= 4 is 29.9 Å². The molecule has 2 aliphatic rings. The smallest absolute Gasteiger partial charge is 0.193 e. The summed E-state index contributed by atoms with van der Waals surface area (Å²) in [4.78, 5) is 9.27. The lowest BCUT2D eigenvalue weighted by Gasteiger charge is -2.43. The predicted molar refractivity (Wildman–Crippen MR) is 129 cm³/mol. The molecule has 1 unspecified atom stereocenters. The fourth-order valence-electron chi connectivity index (χ4n) is 4.19. The van der Waals surface area contributed by atoms with Crippen molar-refractivity contribution in [3.8, 4) is 0 Å². The molecule has 0 aromatic heterocycles. The molecule has 0 amide bonds. The van der Waals surface area contributed by atoms with Crippen LogP contribution in [-0.2, 0) is 16.1 Å². The van der Waals surface area contributed by atoms with E-state index >= 15 is 0 Å². The zero-order chi connectivity index (χ0) is 19.8. The summed E-state index contributed by atoms with van der Waals surface area (Å²) >= 11 is 0. The van der Waals surface area contributed by atoms with Gasteiger partial charge in [-0.2, -0.15) is 0 Å². The minimum atomic E-state index is 0. The van der Waals surface area contributed by atoms with Gasteiger partial charge in [-0.25, -0.2) is 0 Å². The zero-order valence-electron chi connectivity index (χ0n) is 18.1. The number of rotatable bonds is 7. The molecule has 0 radical (unpaired) electrons. The Labute approximate surface area is 193 Å². The van der Waals surface area contributed by atoms with Crippen molar-refractivity contribution in [2.75, 3.05) is 60.6 Å². The van der Waals surface area contributed by atoms with E-state index in [1.54, 1.807) is 0 Å². The number of nitrogens with zero attached hydrogens (tertiary/aromatic N) is 3. The Morgan fingerprint density at radius 2 is 2.00 bits per heavy atom. The van der Waals surface area contributed by atoms with Gasteiger partial charge in [-0.05, 0) is 38.9 Å². The molecule has 1 N–H and O–H groups in total. The van der Waals surface area contributed by atoms with Crippen LogP contribution in [0, 0.1) is 5.92 Å². The normalized spacial score (nSPS) is 21.9. The van der Waals surface area contributed by atoms with Crippen molar-refractivity contribution in [3.63, 3.8) is 0 Å². The second-order valence-electron chi connectivity index (χ2n) is 8.23. The Morgan fingerprint density at radius 3 is 2.66 bits per heavy atom. The first-order valence-electron chi connectivity index (χ1n) is 10.5. The fraction of sp³-hybridized carbons (Fsp3) is 0.682. The van der Waals surface area contributed by atoms with Gasteiger partial charge in [-0.1, -0.05) is 30.3 Å². The molecular formula is C22H37IN4O2. The summed E-state index contributed by atoms with van der Waals surface area (Å²) in [7, 11) is 6.23. The van der Waals surface area contributed by atoms with E-state index in [4.69, 9.17) is 9.47 Å². The molecule has 0 saturated carbocycles. The number of likely N-dealkylation sites (tertiary alicyclic amines) is 1. The van der Waals surface area contributed by atoms with E-state index in [1.165, 1.54) is 5.56 Å². The first-order chi connectivity index (χ1) is 13.6. The number of guanidine groups is 1. The van der Waals surface area contributed by atoms with Crippen LogP contribution in [0.15, 0.2) is 35.3 Å². The molecule has 0 spiro atoms. The number of hydrogen-bond acceptors (Lipinski definition) is 4. The van der Waals surface area contributed by atoms with Crippen molar-refractivity contribution in [1.82, 2.24) is 15.1 Å². The lowest BCUT2D eigenvalue weighted by atomic mass is 9.88. The number of halogens is 1. The number of likely N-dealkylation sites (N-methyl/N-ethyl adjacent to an activating group) is 1. The molecule has 0 aliphatic carbocycles. The summed E-state index contributed by atoms with van der Waals surface area (Å²) < 4.78 is 11.5. The molecule has 2 fully saturated rings. The summed E-state index contributed by atoms with van der Waals surface area (Å²) in [5.41, 5.74) is 1.38. The summed E-state index contributed by atoms with van der Waals surface area (Å²) in [6, 6.07) is 10.4. The molecule has 2 saturated heterocycles. The average Bonchev–Trinajstić information content (AvgIpc) is 3.18. The maximum Gasteiger partial charge on any atom is 0.193 e. The Balaban J connectivity index is 0.00000300. The van der Waals surface area contributed by atoms with Gasteiger partial charge in [0.1, 0.15) is 0 Å². The highest BCUT2D eigenvalue weighted by atomic mass is 127.